The van der Waals surface area contributed by atoms with E-state index in [0.29, 0.717) is 46.1 Å². The van der Waals surface area contributed by atoms with E-state index in [1.54, 1.807) is 7.11 Å². The second-order valence-corrected chi connectivity index (χ2v) is 9.46. The van der Waals surface area contributed by atoms with Gasteiger partial charge in [-0.3, -0.25) is 9.89 Å². The average molecular weight is 522 g/mol. The molecular formula is C28H25Cl2N3O3. The number of H-pyrrole nitrogens is 1. The maximum Gasteiger partial charge on any atom is 0.273 e. The highest BCUT2D eigenvalue weighted by molar-refractivity contribution is 6.30. The highest BCUT2D eigenvalue weighted by Gasteiger charge is 2.42. The number of rotatable bonds is 8. The number of aromatic amines is 1. The minimum atomic E-state index is -0.387. The van der Waals surface area contributed by atoms with Gasteiger partial charge in [-0.25, -0.2) is 0 Å². The van der Waals surface area contributed by atoms with Crippen LogP contribution in [0.4, 0.5) is 0 Å². The van der Waals surface area contributed by atoms with E-state index in [4.69, 9.17) is 32.7 Å². The summed E-state index contributed by atoms with van der Waals surface area (Å²) in [5.74, 6) is 1.16. The Bertz CT molecular complexity index is 1380. The van der Waals surface area contributed by atoms with Gasteiger partial charge in [0.05, 0.1) is 25.5 Å². The van der Waals surface area contributed by atoms with E-state index in [1.165, 1.54) is 0 Å². The lowest BCUT2D eigenvalue weighted by molar-refractivity contribution is 0.0730. The van der Waals surface area contributed by atoms with Crippen LogP contribution < -0.4 is 9.47 Å². The molecule has 1 N–H and O–H groups in total. The number of amides is 1. The van der Waals surface area contributed by atoms with Gasteiger partial charge in [-0.1, -0.05) is 60.5 Å². The summed E-state index contributed by atoms with van der Waals surface area (Å²) in [7, 11) is 1.62. The van der Waals surface area contributed by atoms with Crippen molar-refractivity contribution in [3.8, 4) is 22.8 Å². The minimum Gasteiger partial charge on any atom is -0.493 e. The lowest BCUT2D eigenvalue weighted by Crippen LogP contribution is -2.29. The SMILES string of the molecule is CCCOc1ccc(C2c3c(-c4ccc(Cl)cc4)n[nH]c3C(=O)N2Cc2ccc(Cl)cc2)cc1OC. The molecule has 0 bridgehead atoms. The van der Waals surface area contributed by atoms with Crippen LogP contribution in [0.25, 0.3) is 11.3 Å². The number of fused-ring (bicyclic) bond motifs is 1. The van der Waals surface area contributed by atoms with Crippen LogP contribution in [0.2, 0.25) is 10.0 Å². The van der Waals surface area contributed by atoms with Gasteiger partial charge in [-0.05, 0) is 53.9 Å². The molecule has 184 valence electrons. The van der Waals surface area contributed by atoms with Crippen molar-refractivity contribution in [1.29, 1.82) is 0 Å². The zero-order valence-electron chi connectivity index (χ0n) is 19.9. The molecule has 0 spiro atoms. The number of nitrogens with one attached hydrogen (secondary N) is 1. The van der Waals surface area contributed by atoms with Crippen molar-refractivity contribution in [2.75, 3.05) is 13.7 Å². The molecule has 0 saturated heterocycles. The van der Waals surface area contributed by atoms with E-state index >= 15 is 0 Å². The topological polar surface area (TPSA) is 67.5 Å². The van der Waals surface area contributed by atoms with E-state index in [2.05, 4.69) is 17.1 Å². The van der Waals surface area contributed by atoms with Crippen LogP contribution >= 0.6 is 23.2 Å². The first-order valence-corrected chi connectivity index (χ1v) is 12.5. The normalized spacial score (nSPS) is 14.7. The summed E-state index contributed by atoms with van der Waals surface area (Å²) in [6.07, 6.45) is 0.889. The number of ether oxygens (including phenoxy) is 2. The Morgan fingerprint density at radius 3 is 2.33 bits per heavy atom. The first-order valence-electron chi connectivity index (χ1n) is 11.7. The van der Waals surface area contributed by atoms with E-state index in [-0.39, 0.29) is 11.9 Å². The fourth-order valence-corrected chi connectivity index (χ4v) is 4.76. The number of halogens is 2. The molecule has 0 fully saturated rings. The molecule has 0 saturated carbocycles. The first-order chi connectivity index (χ1) is 17.5. The molecular weight excluding hydrogens is 497 g/mol. The third kappa shape index (κ3) is 4.54. The van der Waals surface area contributed by atoms with Crippen molar-refractivity contribution in [2.24, 2.45) is 0 Å². The van der Waals surface area contributed by atoms with Gasteiger partial charge in [0.25, 0.3) is 5.91 Å². The molecule has 36 heavy (non-hydrogen) atoms. The first kappa shape index (κ1) is 24.2. The number of hydrogen-bond donors (Lipinski definition) is 1. The lowest BCUT2D eigenvalue weighted by Gasteiger charge is -2.27. The molecule has 8 heteroatoms. The highest BCUT2D eigenvalue weighted by atomic mass is 35.5. The summed E-state index contributed by atoms with van der Waals surface area (Å²) in [6.45, 7) is 3.05. The van der Waals surface area contributed by atoms with E-state index in [9.17, 15) is 4.79 Å². The number of hydrogen-bond acceptors (Lipinski definition) is 4. The molecule has 0 aliphatic carbocycles. The summed E-state index contributed by atoms with van der Waals surface area (Å²) in [4.78, 5) is 15.5. The van der Waals surface area contributed by atoms with Gasteiger partial charge >= 0.3 is 0 Å². The Morgan fingerprint density at radius 2 is 1.67 bits per heavy atom. The maximum absolute atomic E-state index is 13.7. The Morgan fingerprint density at radius 1 is 0.972 bits per heavy atom. The molecule has 1 aliphatic heterocycles. The van der Waals surface area contributed by atoms with E-state index < -0.39 is 0 Å². The number of methoxy groups -OCH3 is 1. The molecule has 1 aromatic heterocycles. The number of carbonyl (C=O) groups is 1. The van der Waals surface area contributed by atoms with Crippen LogP contribution in [0.5, 0.6) is 11.5 Å². The zero-order valence-corrected chi connectivity index (χ0v) is 21.4. The Balaban J connectivity index is 1.62. The minimum absolute atomic E-state index is 0.122. The van der Waals surface area contributed by atoms with Crippen LogP contribution in [0.15, 0.2) is 66.7 Å². The van der Waals surface area contributed by atoms with Crippen molar-refractivity contribution >= 4 is 29.1 Å². The van der Waals surface area contributed by atoms with Crippen LogP contribution in [0.3, 0.4) is 0 Å². The second kappa shape index (κ2) is 10.2. The van der Waals surface area contributed by atoms with Gasteiger partial charge in [0.2, 0.25) is 0 Å². The predicted molar refractivity (Wildman–Crippen MR) is 141 cm³/mol. The highest BCUT2D eigenvalue weighted by Crippen LogP contribution is 2.45. The van der Waals surface area contributed by atoms with Gasteiger partial charge < -0.3 is 14.4 Å². The van der Waals surface area contributed by atoms with Gasteiger partial charge in [-0.2, -0.15) is 5.10 Å². The van der Waals surface area contributed by atoms with Crippen molar-refractivity contribution in [2.45, 2.75) is 25.9 Å². The van der Waals surface area contributed by atoms with Crippen molar-refractivity contribution < 1.29 is 14.3 Å². The van der Waals surface area contributed by atoms with Crippen LogP contribution in [-0.2, 0) is 6.54 Å². The molecule has 1 amide bonds. The second-order valence-electron chi connectivity index (χ2n) is 8.59. The predicted octanol–water partition coefficient (Wildman–Crippen LogP) is 6.93. The number of carbonyl (C=O) groups excluding carboxylic acids is 1. The Labute approximate surface area is 219 Å². The lowest BCUT2D eigenvalue weighted by atomic mass is 9.95. The Kier molecular flexibility index (Phi) is 6.90. The van der Waals surface area contributed by atoms with Crippen LogP contribution in [-0.4, -0.2) is 34.7 Å². The molecule has 1 atom stereocenters. The summed E-state index contributed by atoms with van der Waals surface area (Å²) in [6, 6.07) is 20.4. The molecule has 2 heterocycles. The van der Waals surface area contributed by atoms with Gasteiger partial charge in [0, 0.05) is 27.7 Å². The van der Waals surface area contributed by atoms with Crippen LogP contribution in [0.1, 0.15) is 46.6 Å². The summed E-state index contributed by atoms with van der Waals surface area (Å²) in [5, 5.41) is 8.80. The molecule has 1 unspecified atom stereocenters. The summed E-state index contributed by atoms with van der Waals surface area (Å²) in [5.41, 5.74) is 4.75. The molecule has 5 rings (SSSR count). The van der Waals surface area contributed by atoms with Gasteiger partial charge in [-0.15, -0.1) is 0 Å². The van der Waals surface area contributed by atoms with Gasteiger partial charge in [0.15, 0.2) is 11.5 Å². The van der Waals surface area contributed by atoms with Crippen molar-refractivity contribution in [1.82, 2.24) is 15.1 Å². The standard InChI is InChI=1S/C28H25Cl2N3O3/c1-3-14-36-22-13-8-19(15-23(22)35-2)27-24-25(18-6-11-21(30)12-7-18)31-32-26(24)28(34)33(27)16-17-4-9-20(29)10-5-17/h4-13,15,27H,3,14,16H2,1-2H3,(H,31,32). The Hall–Kier alpha value is -3.48. The summed E-state index contributed by atoms with van der Waals surface area (Å²) >= 11 is 12.2. The smallest absolute Gasteiger partial charge is 0.273 e. The molecule has 0 radical (unpaired) electrons. The summed E-state index contributed by atoms with van der Waals surface area (Å²) < 4.78 is 11.5. The fourth-order valence-electron chi connectivity index (χ4n) is 4.51. The quantitative estimate of drug-likeness (QED) is 0.273. The van der Waals surface area contributed by atoms with Gasteiger partial charge in [0.1, 0.15) is 5.69 Å². The monoisotopic (exact) mass is 521 g/mol. The van der Waals surface area contributed by atoms with E-state index in [0.717, 1.165) is 28.7 Å². The van der Waals surface area contributed by atoms with Crippen LogP contribution in [0, 0.1) is 0 Å². The fraction of sp³-hybridized carbons (Fsp3) is 0.214. The molecule has 1 aliphatic rings. The van der Waals surface area contributed by atoms with E-state index in [1.807, 2.05) is 71.6 Å². The third-order valence-corrected chi connectivity index (χ3v) is 6.72. The molecule has 4 aromatic rings. The maximum atomic E-state index is 13.7. The number of nitrogens with zero attached hydrogens (tertiary/aromatic N) is 2. The third-order valence-electron chi connectivity index (χ3n) is 6.21. The molecule has 6 nitrogen and oxygen atoms in total. The number of benzene rings is 3. The number of aromatic nitrogens is 2. The zero-order chi connectivity index (χ0) is 25.2. The molecule has 3 aromatic carbocycles. The average Bonchev–Trinajstić information content (AvgIpc) is 3.43. The van der Waals surface area contributed by atoms with Crippen molar-refractivity contribution in [3.63, 3.8) is 0 Å². The van der Waals surface area contributed by atoms with Crippen molar-refractivity contribution in [3.05, 3.63) is 99.2 Å². The largest absolute Gasteiger partial charge is 0.493 e.